The van der Waals surface area contributed by atoms with E-state index in [-0.39, 0.29) is 0 Å². The minimum absolute atomic E-state index is 0.680. The van der Waals surface area contributed by atoms with Crippen molar-refractivity contribution in [3.8, 4) is 0 Å². The quantitative estimate of drug-likeness (QED) is 0.772. The molecule has 1 aliphatic heterocycles. The highest BCUT2D eigenvalue weighted by atomic mass is 15.2. The van der Waals surface area contributed by atoms with E-state index in [2.05, 4.69) is 31.0 Å². The lowest BCUT2D eigenvalue weighted by molar-refractivity contribution is 0.0929. The molecule has 0 spiro atoms. The van der Waals surface area contributed by atoms with Gasteiger partial charge in [-0.15, -0.1) is 0 Å². The Kier molecular flexibility index (Phi) is 4.26. The minimum atomic E-state index is 0.680. The summed E-state index contributed by atoms with van der Waals surface area (Å²) in [5.41, 5.74) is 0. The Morgan fingerprint density at radius 3 is 2.75 bits per heavy atom. The topological polar surface area (TPSA) is 15.3 Å². The molecule has 1 heterocycles. The standard InChI is InChI=1S/C14H28N2/c1-4-11(2)14-9-15-12(3)10-16(14)8-7-13-5-6-13/h11-15H,4-10H2,1-3H3. The Morgan fingerprint density at radius 1 is 1.38 bits per heavy atom. The molecule has 1 saturated carbocycles. The van der Waals surface area contributed by atoms with Gasteiger partial charge in [0.05, 0.1) is 0 Å². The fourth-order valence-corrected chi connectivity index (χ4v) is 2.85. The van der Waals surface area contributed by atoms with Crippen molar-refractivity contribution in [1.29, 1.82) is 0 Å². The maximum atomic E-state index is 3.64. The fraction of sp³-hybridized carbons (Fsp3) is 1.00. The fourth-order valence-electron chi connectivity index (χ4n) is 2.85. The summed E-state index contributed by atoms with van der Waals surface area (Å²) in [6, 6.07) is 1.46. The largest absolute Gasteiger partial charge is 0.311 e. The molecule has 1 aliphatic carbocycles. The van der Waals surface area contributed by atoms with E-state index in [1.54, 1.807) is 0 Å². The summed E-state index contributed by atoms with van der Waals surface area (Å²) in [6.07, 6.45) is 5.74. The monoisotopic (exact) mass is 224 g/mol. The van der Waals surface area contributed by atoms with Gasteiger partial charge in [0.25, 0.3) is 0 Å². The lowest BCUT2D eigenvalue weighted by atomic mass is 9.94. The molecule has 2 fully saturated rings. The highest BCUT2D eigenvalue weighted by Gasteiger charge is 2.30. The van der Waals surface area contributed by atoms with Gasteiger partial charge in [-0.1, -0.05) is 33.1 Å². The van der Waals surface area contributed by atoms with E-state index in [1.165, 1.54) is 45.3 Å². The Hall–Kier alpha value is -0.0800. The normalized spacial score (nSPS) is 33.9. The van der Waals surface area contributed by atoms with E-state index in [0.717, 1.165) is 17.9 Å². The number of hydrogen-bond donors (Lipinski definition) is 1. The Labute approximate surface area is 101 Å². The van der Waals surface area contributed by atoms with Crippen molar-refractivity contribution < 1.29 is 0 Å². The molecule has 2 aliphatic rings. The van der Waals surface area contributed by atoms with Crippen LogP contribution in [-0.4, -0.2) is 36.6 Å². The molecule has 0 aromatic rings. The molecule has 2 heteroatoms. The predicted octanol–water partition coefficient (Wildman–Crippen LogP) is 2.49. The Balaban J connectivity index is 1.85. The minimum Gasteiger partial charge on any atom is -0.311 e. The van der Waals surface area contributed by atoms with Crippen LogP contribution in [0, 0.1) is 11.8 Å². The zero-order valence-electron chi connectivity index (χ0n) is 11.2. The third kappa shape index (κ3) is 3.21. The molecule has 2 rings (SSSR count). The maximum Gasteiger partial charge on any atom is 0.0246 e. The first-order valence-electron chi connectivity index (χ1n) is 7.18. The Bertz CT molecular complexity index is 213. The van der Waals surface area contributed by atoms with E-state index in [4.69, 9.17) is 0 Å². The number of nitrogens with zero attached hydrogens (tertiary/aromatic N) is 1. The van der Waals surface area contributed by atoms with Gasteiger partial charge < -0.3 is 5.32 Å². The van der Waals surface area contributed by atoms with Crippen molar-refractivity contribution in [2.75, 3.05) is 19.6 Å². The zero-order valence-corrected chi connectivity index (χ0v) is 11.2. The van der Waals surface area contributed by atoms with E-state index < -0.39 is 0 Å². The highest BCUT2D eigenvalue weighted by Crippen LogP contribution is 2.33. The van der Waals surface area contributed by atoms with Crippen LogP contribution in [0.2, 0.25) is 0 Å². The molecule has 0 aromatic carbocycles. The zero-order chi connectivity index (χ0) is 11.5. The average molecular weight is 224 g/mol. The molecule has 1 N–H and O–H groups in total. The molecular weight excluding hydrogens is 196 g/mol. The molecule has 0 radical (unpaired) electrons. The smallest absolute Gasteiger partial charge is 0.0246 e. The first-order chi connectivity index (χ1) is 7.70. The van der Waals surface area contributed by atoms with Gasteiger partial charge in [-0.2, -0.15) is 0 Å². The number of piperazine rings is 1. The summed E-state index contributed by atoms with van der Waals surface area (Å²) in [5.74, 6) is 1.90. The molecule has 0 aromatic heterocycles. The average Bonchev–Trinajstić information content (AvgIpc) is 3.09. The molecule has 94 valence electrons. The van der Waals surface area contributed by atoms with Crippen LogP contribution in [-0.2, 0) is 0 Å². The summed E-state index contributed by atoms with van der Waals surface area (Å²) in [6.45, 7) is 10.8. The second-order valence-electron chi connectivity index (χ2n) is 5.99. The van der Waals surface area contributed by atoms with E-state index in [1.807, 2.05) is 0 Å². The van der Waals surface area contributed by atoms with Gasteiger partial charge in [0.15, 0.2) is 0 Å². The molecular formula is C14H28N2. The van der Waals surface area contributed by atoms with E-state index in [0.29, 0.717) is 6.04 Å². The lowest BCUT2D eigenvalue weighted by Crippen LogP contribution is -2.57. The van der Waals surface area contributed by atoms with Crippen LogP contribution in [0.15, 0.2) is 0 Å². The van der Waals surface area contributed by atoms with Crippen LogP contribution in [0.5, 0.6) is 0 Å². The Morgan fingerprint density at radius 2 is 2.12 bits per heavy atom. The van der Waals surface area contributed by atoms with Gasteiger partial charge in [0.2, 0.25) is 0 Å². The predicted molar refractivity (Wildman–Crippen MR) is 69.6 cm³/mol. The van der Waals surface area contributed by atoms with Gasteiger partial charge in [-0.25, -0.2) is 0 Å². The van der Waals surface area contributed by atoms with Crippen molar-refractivity contribution in [2.24, 2.45) is 11.8 Å². The molecule has 0 bridgehead atoms. The first-order valence-corrected chi connectivity index (χ1v) is 7.18. The van der Waals surface area contributed by atoms with Crippen LogP contribution < -0.4 is 5.32 Å². The molecule has 1 saturated heterocycles. The van der Waals surface area contributed by atoms with E-state index in [9.17, 15) is 0 Å². The molecule has 16 heavy (non-hydrogen) atoms. The SMILES string of the molecule is CCC(C)C1CNC(C)CN1CCC1CC1. The summed E-state index contributed by atoms with van der Waals surface area (Å²) in [4.78, 5) is 2.76. The van der Waals surface area contributed by atoms with Crippen molar-refractivity contribution in [3.05, 3.63) is 0 Å². The number of hydrogen-bond acceptors (Lipinski definition) is 2. The van der Waals surface area contributed by atoms with Crippen LogP contribution in [0.4, 0.5) is 0 Å². The first kappa shape index (κ1) is 12.4. The summed E-state index contributed by atoms with van der Waals surface area (Å²) >= 11 is 0. The van der Waals surface area contributed by atoms with Crippen molar-refractivity contribution >= 4 is 0 Å². The van der Waals surface area contributed by atoms with Gasteiger partial charge in [-0.3, -0.25) is 4.90 Å². The third-order valence-corrected chi connectivity index (χ3v) is 4.48. The molecule has 3 atom stereocenters. The second kappa shape index (κ2) is 5.50. The van der Waals surface area contributed by atoms with Crippen molar-refractivity contribution in [1.82, 2.24) is 10.2 Å². The lowest BCUT2D eigenvalue weighted by Gasteiger charge is -2.42. The molecule has 0 amide bonds. The van der Waals surface area contributed by atoms with Crippen LogP contribution in [0.3, 0.4) is 0 Å². The summed E-state index contributed by atoms with van der Waals surface area (Å²) in [7, 11) is 0. The van der Waals surface area contributed by atoms with Gasteiger partial charge >= 0.3 is 0 Å². The highest BCUT2D eigenvalue weighted by molar-refractivity contribution is 4.88. The van der Waals surface area contributed by atoms with Gasteiger partial charge in [0, 0.05) is 25.2 Å². The summed E-state index contributed by atoms with van der Waals surface area (Å²) < 4.78 is 0. The molecule has 2 nitrogen and oxygen atoms in total. The van der Waals surface area contributed by atoms with Crippen LogP contribution >= 0.6 is 0 Å². The van der Waals surface area contributed by atoms with E-state index >= 15 is 0 Å². The van der Waals surface area contributed by atoms with Gasteiger partial charge in [-0.05, 0) is 31.7 Å². The van der Waals surface area contributed by atoms with Crippen LogP contribution in [0.1, 0.15) is 46.5 Å². The second-order valence-corrected chi connectivity index (χ2v) is 5.99. The maximum absolute atomic E-state index is 3.64. The number of rotatable bonds is 5. The van der Waals surface area contributed by atoms with Crippen molar-refractivity contribution in [3.63, 3.8) is 0 Å². The van der Waals surface area contributed by atoms with Crippen molar-refractivity contribution in [2.45, 2.75) is 58.5 Å². The van der Waals surface area contributed by atoms with Crippen LogP contribution in [0.25, 0.3) is 0 Å². The van der Waals surface area contributed by atoms with Gasteiger partial charge in [0.1, 0.15) is 0 Å². The summed E-state index contributed by atoms with van der Waals surface area (Å²) in [5, 5.41) is 3.64. The number of nitrogens with one attached hydrogen (secondary N) is 1. The third-order valence-electron chi connectivity index (χ3n) is 4.48. The molecule has 3 unspecified atom stereocenters.